The molecule has 0 bridgehead atoms. The lowest BCUT2D eigenvalue weighted by Gasteiger charge is -2.49. The zero-order chi connectivity index (χ0) is 23.0. The van der Waals surface area contributed by atoms with E-state index in [4.69, 9.17) is 0 Å². The molecule has 162 valence electrons. The molecule has 32 heavy (non-hydrogen) atoms. The van der Waals surface area contributed by atoms with Crippen molar-refractivity contribution in [2.75, 3.05) is 0 Å². The second-order valence-electron chi connectivity index (χ2n) is 10.9. The summed E-state index contributed by atoms with van der Waals surface area (Å²) in [7, 11) is 2.17. The van der Waals surface area contributed by atoms with E-state index in [1.807, 2.05) is 0 Å². The van der Waals surface area contributed by atoms with Crippen molar-refractivity contribution in [1.29, 1.82) is 0 Å². The van der Waals surface area contributed by atoms with E-state index >= 15 is 0 Å². The summed E-state index contributed by atoms with van der Waals surface area (Å²) in [5.41, 5.74) is 12.3. The number of hydrogen-bond donors (Lipinski definition) is 0. The fraction of sp³-hybridized carbons (Fsp3) is 0.323. The Morgan fingerprint density at radius 1 is 0.656 bits per heavy atom. The number of rotatable bonds is 1. The Balaban J connectivity index is 1.94. The van der Waals surface area contributed by atoms with Crippen molar-refractivity contribution in [2.45, 2.75) is 59.3 Å². The Labute approximate surface area is 192 Å². The van der Waals surface area contributed by atoms with E-state index in [1.165, 1.54) is 61.0 Å². The maximum absolute atomic E-state index is 2.45. The molecule has 1 aliphatic rings. The highest BCUT2D eigenvalue weighted by atomic mass is 14.9. The molecule has 0 N–H and O–H groups in total. The Morgan fingerprint density at radius 3 is 2.12 bits per heavy atom. The second kappa shape index (κ2) is 6.78. The third kappa shape index (κ3) is 2.80. The normalized spacial score (nSPS) is 16.0. The summed E-state index contributed by atoms with van der Waals surface area (Å²) in [4.78, 5) is 0. The van der Waals surface area contributed by atoms with Crippen LogP contribution in [0.2, 0.25) is 0 Å². The van der Waals surface area contributed by atoms with Crippen molar-refractivity contribution in [3.63, 3.8) is 0 Å². The number of benzene rings is 3. The Hall–Kier alpha value is -2.93. The molecule has 3 aromatic carbocycles. The van der Waals surface area contributed by atoms with E-state index in [9.17, 15) is 0 Å². The van der Waals surface area contributed by atoms with E-state index in [1.54, 1.807) is 0 Å². The van der Waals surface area contributed by atoms with Gasteiger partial charge in [0, 0.05) is 17.5 Å². The van der Waals surface area contributed by atoms with Gasteiger partial charge in [0.05, 0.1) is 5.56 Å². The van der Waals surface area contributed by atoms with E-state index in [0.29, 0.717) is 0 Å². The number of aryl methyl sites for hydroxylation is 4. The number of aromatic nitrogens is 1. The third-order valence-electron chi connectivity index (χ3n) is 8.26. The van der Waals surface area contributed by atoms with Crippen molar-refractivity contribution in [2.24, 2.45) is 7.05 Å². The van der Waals surface area contributed by atoms with Gasteiger partial charge >= 0.3 is 0 Å². The van der Waals surface area contributed by atoms with Crippen LogP contribution < -0.4 is 4.57 Å². The van der Waals surface area contributed by atoms with E-state index in [0.717, 1.165) is 0 Å². The fourth-order valence-corrected chi connectivity index (χ4v) is 5.64. The first-order valence-corrected chi connectivity index (χ1v) is 11.7. The van der Waals surface area contributed by atoms with Gasteiger partial charge in [-0.3, -0.25) is 0 Å². The molecule has 0 atom stereocenters. The molecule has 0 unspecified atom stereocenters. The lowest BCUT2D eigenvalue weighted by Crippen LogP contribution is -2.44. The molecule has 0 amide bonds. The lowest BCUT2D eigenvalue weighted by atomic mass is 9.54. The topological polar surface area (TPSA) is 3.88 Å². The highest BCUT2D eigenvalue weighted by Crippen LogP contribution is 2.57. The Kier molecular flexibility index (Phi) is 4.44. The molecule has 0 saturated heterocycles. The van der Waals surface area contributed by atoms with E-state index in [-0.39, 0.29) is 10.8 Å². The summed E-state index contributed by atoms with van der Waals surface area (Å²) in [5, 5.41) is 2.66. The van der Waals surface area contributed by atoms with Gasteiger partial charge < -0.3 is 0 Å². The van der Waals surface area contributed by atoms with Crippen LogP contribution in [0, 0.1) is 20.8 Å². The monoisotopic (exact) mass is 420 g/mol. The zero-order valence-electron chi connectivity index (χ0n) is 20.7. The summed E-state index contributed by atoms with van der Waals surface area (Å²) >= 11 is 0. The van der Waals surface area contributed by atoms with Crippen molar-refractivity contribution in [3.05, 3.63) is 88.6 Å². The third-order valence-corrected chi connectivity index (χ3v) is 8.26. The summed E-state index contributed by atoms with van der Waals surface area (Å²) in [5.74, 6) is 0. The SMILES string of the molecule is Cc1cc[n+](C)c(-c2c(C)ccc3c2C(C)(C)C(C)(C)c2cc4cc(C)ccc4cc2-3)c1. The molecular weight excluding hydrogens is 386 g/mol. The van der Waals surface area contributed by atoms with Crippen LogP contribution in [0.25, 0.3) is 33.2 Å². The predicted octanol–water partition coefficient (Wildman–Crippen LogP) is 7.49. The fourth-order valence-electron chi connectivity index (χ4n) is 5.64. The van der Waals surface area contributed by atoms with Crippen LogP contribution in [0.15, 0.2) is 60.8 Å². The summed E-state index contributed by atoms with van der Waals surface area (Å²) in [6, 6.07) is 20.9. The Morgan fingerprint density at radius 2 is 1.38 bits per heavy atom. The molecule has 5 rings (SSSR count). The predicted molar refractivity (Wildman–Crippen MR) is 136 cm³/mol. The highest BCUT2D eigenvalue weighted by molar-refractivity contribution is 5.94. The molecule has 1 heteroatoms. The van der Waals surface area contributed by atoms with Crippen molar-refractivity contribution >= 4 is 10.8 Å². The number of fused-ring (bicyclic) bond motifs is 4. The quantitative estimate of drug-likeness (QED) is 0.281. The van der Waals surface area contributed by atoms with Gasteiger partial charge in [0.1, 0.15) is 7.05 Å². The molecule has 0 saturated carbocycles. The molecule has 4 aromatic rings. The van der Waals surface area contributed by atoms with Crippen LogP contribution in [0.5, 0.6) is 0 Å². The van der Waals surface area contributed by atoms with Gasteiger partial charge in [0.2, 0.25) is 5.69 Å². The summed E-state index contributed by atoms with van der Waals surface area (Å²) in [6.07, 6.45) is 2.19. The van der Waals surface area contributed by atoms with E-state index in [2.05, 4.69) is 121 Å². The molecule has 0 aliphatic heterocycles. The van der Waals surface area contributed by atoms with Crippen LogP contribution in [-0.2, 0) is 17.9 Å². The van der Waals surface area contributed by atoms with Crippen molar-refractivity contribution in [1.82, 2.24) is 0 Å². The minimum atomic E-state index is -0.0368. The number of hydrogen-bond acceptors (Lipinski definition) is 0. The standard InChI is InChI=1S/C31H34N/c1-19-9-11-22-17-25-24-12-10-21(3)28(27-16-20(2)13-14-32(27)8)29(24)31(6,7)30(4,5)26(25)18-23(22)15-19/h9-18H,1-8H3/q+1. The maximum Gasteiger partial charge on any atom is 0.213 e. The van der Waals surface area contributed by atoms with Crippen LogP contribution in [0.1, 0.15) is 55.5 Å². The van der Waals surface area contributed by atoms with Gasteiger partial charge in [-0.25, -0.2) is 4.57 Å². The molecule has 1 aromatic heterocycles. The van der Waals surface area contributed by atoms with Crippen LogP contribution in [0.3, 0.4) is 0 Å². The summed E-state index contributed by atoms with van der Waals surface area (Å²) < 4.78 is 2.28. The first kappa shape index (κ1) is 20.9. The molecular formula is C31H34N+. The zero-order valence-corrected chi connectivity index (χ0v) is 20.7. The number of nitrogens with zero attached hydrogens (tertiary/aromatic N) is 1. The van der Waals surface area contributed by atoms with Gasteiger partial charge in [-0.2, -0.15) is 0 Å². The molecule has 1 heterocycles. The molecule has 1 aliphatic carbocycles. The van der Waals surface area contributed by atoms with Crippen molar-refractivity contribution in [3.8, 4) is 22.4 Å². The molecule has 0 spiro atoms. The lowest BCUT2D eigenvalue weighted by molar-refractivity contribution is -0.660. The average molecular weight is 421 g/mol. The average Bonchev–Trinajstić information content (AvgIpc) is 2.73. The van der Waals surface area contributed by atoms with Gasteiger partial charge in [0.25, 0.3) is 0 Å². The van der Waals surface area contributed by atoms with Crippen molar-refractivity contribution < 1.29 is 4.57 Å². The maximum atomic E-state index is 2.45. The molecule has 0 fully saturated rings. The smallest absolute Gasteiger partial charge is 0.201 e. The highest BCUT2D eigenvalue weighted by Gasteiger charge is 2.48. The number of pyridine rings is 1. The van der Waals surface area contributed by atoms with Crippen LogP contribution in [-0.4, -0.2) is 0 Å². The summed E-state index contributed by atoms with van der Waals surface area (Å²) in [6.45, 7) is 16.4. The van der Waals surface area contributed by atoms with Gasteiger partial charge in [-0.1, -0.05) is 63.6 Å². The van der Waals surface area contributed by atoms with Crippen LogP contribution in [0.4, 0.5) is 0 Å². The second-order valence-corrected chi connectivity index (χ2v) is 10.9. The first-order chi connectivity index (χ1) is 15.0. The molecule has 0 radical (unpaired) electrons. The molecule has 1 nitrogen and oxygen atoms in total. The van der Waals surface area contributed by atoms with Gasteiger partial charge in [0.15, 0.2) is 6.20 Å². The largest absolute Gasteiger partial charge is 0.213 e. The van der Waals surface area contributed by atoms with E-state index < -0.39 is 0 Å². The van der Waals surface area contributed by atoms with Gasteiger partial charge in [-0.15, -0.1) is 0 Å². The minimum absolute atomic E-state index is 0.0157. The first-order valence-electron chi connectivity index (χ1n) is 11.7. The van der Waals surface area contributed by atoms with Gasteiger partial charge in [-0.05, 0) is 82.5 Å². The minimum Gasteiger partial charge on any atom is -0.201 e. The Bertz CT molecular complexity index is 1400. The van der Waals surface area contributed by atoms with Crippen LogP contribution >= 0.6 is 0 Å².